The largest absolute Gasteiger partial charge is 0.363 e. The number of nitrogens with one attached hydrogen (secondary N) is 2. The van der Waals surface area contributed by atoms with Crippen molar-refractivity contribution in [3.63, 3.8) is 0 Å². The highest BCUT2D eigenvalue weighted by Crippen LogP contribution is 2.31. The van der Waals surface area contributed by atoms with Crippen molar-refractivity contribution in [3.8, 4) is 0 Å². The molecule has 0 saturated heterocycles. The summed E-state index contributed by atoms with van der Waals surface area (Å²) in [7, 11) is 0. The first kappa shape index (κ1) is 16.4. The fourth-order valence-corrected chi connectivity index (χ4v) is 2.61. The Morgan fingerprint density at radius 1 is 1.50 bits per heavy atom. The summed E-state index contributed by atoms with van der Waals surface area (Å²) in [6, 6.07) is 0. The zero-order chi connectivity index (χ0) is 15.2. The Morgan fingerprint density at radius 2 is 2.15 bits per heavy atom. The number of nitro groups is 1. The topological polar surface area (TPSA) is 119 Å². The van der Waals surface area contributed by atoms with E-state index in [0.717, 1.165) is 19.0 Å². The SMILES string of the molecule is CCC(CC)(CNc1nc(NN)ncc1[N+](=O)[O-])SC. The van der Waals surface area contributed by atoms with E-state index in [-0.39, 0.29) is 22.2 Å². The Kier molecular flexibility index (Phi) is 5.96. The van der Waals surface area contributed by atoms with Crippen LogP contribution in [0.25, 0.3) is 0 Å². The minimum absolute atomic E-state index is 0.0229. The Hall–Kier alpha value is -1.61. The van der Waals surface area contributed by atoms with Gasteiger partial charge in [-0.1, -0.05) is 13.8 Å². The van der Waals surface area contributed by atoms with Crippen molar-refractivity contribution >= 4 is 29.2 Å². The molecule has 0 unspecified atom stereocenters. The van der Waals surface area contributed by atoms with E-state index < -0.39 is 4.92 Å². The number of hydrogen-bond acceptors (Lipinski definition) is 8. The fraction of sp³-hybridized carbons (Fsp3) is 0.636. The molecular formula is C11H20N6O2S. The van der Waals surface area contributed by atoms with Crippen LogP contribution >= 0.6 is 11.8 Å². The number of nitrogens with two attached hydrogens (primary N) is 1. The highest BCUT2D eigenvalue weighted by molar-refractivity contribution is 8.00. The lowest BCUT2D eigenvalue weighted by Gasteiger charge is -2.29. The number of anilines is 2. The molecule has 0 radical (unpaired) electrons. The third-order valence-corrected chi connectivity index (χ3v) is 4.98. The normalized spacial score (nSPS) is 11.2. The van der Waals surface area contributed by atoms with Gasteiger partial charge in [0.15, 0.2) is 0 Å². The van der Waals surface area contributed by atoms with Crippen molar-refractivity contribution in [1.82, 2.24) is 9.97 Å². The Labute approximate surface area is 122 Å². The molecule has 0 aromatic carbocycles. The van der Waals surface area contributed by atoms with Crippen LogP contribution in [0, 0.1) is 10.1 Å². The fourth-order valence-electron chi connectivity index (χ4n) is 1.81. The van der Waals surface area contributed by atoms with Gasteiger partial charge in [-0.3, -0.25) is 15.5 Å². The summed E-state index contributed by atoms with van der Waals surface area (Å²) in [6.45, 7) is 4.79. The van der Waals surface area contributed by atoms with Crippen LogP contribution in [0.3, 0.4) is 0 Å². The molecule has 0 aliphatic carbocycles. The molecule has 20 heavy (non-hydrogen) atoms. The number of hydrazine groups is 1. The molecule has 0 bridgehead atoms. The first-order valence-electron chi connectivity index (χ1n) is 6.29. The van der Waals surface area contributed by atoms with Crippen molar-refractivity contribution < 1.29 is 4.92 Å². The summed E-state index contributed by atoms with van der Waals surface area (Å²) < 4.78 is 0.0229. The monoisotopic (exact) mass is 300 g/mol. The number of thioether (sulfide) groups is 1. The quantitative estimate of drug-likeness (QED) is 0.379. The molecule has 0 fully saturated rings. The van der Waals surface area contributed by atoms with E-state index in [1.54, 1.807) is 11.8 Å². The Balaban J connectivity index is 2.98. The van der Waals surface area contributed by atoms with Crippen molar-refractivity contribution in [3.05, 3.63) is 16.3 Å². The molecule has 112 valence electrons. The minimum Gasteiger partial charge on any atom is -0.363 e. The zero-order valence-corrected chi connectivity index (χ0v) is 12.7. The smallest absolute Gasteiger partial charge is 0.329 e. The molecular weight excluding hydrogens is 280 g/mol. The Bertz CT molecular complexity index is 458. The van der Waals surface area contributed by atoms with Crippen LogP contribution in [0.1, 0.15) is 26.7 Å². The maximum atomic E-state index is 11.0. The molecule has 0 aliphatic rings. The summed E-state index contributed by atoms with van der Waals surface area (Å²) in [5.74, 6) is 5.55. The van der Waals surface area contributed by atoms with Crippen molar-refractivity contribution in [2.24, 2.45) is 5.84 Å². The van der Waals surface area contributed by atoms with Crippen LogP contribution in [0.5, 0.6) is 0 Å². The van der Waals surface area contributed by atoms with Gasteiger partial charge < -0.3 is 5.32 Å². The number of nitrogens with zero attached hydrogens (tertiary/aromatic N) is 3. The van der Waals surface area contributed by atoms with Crippen LogP contribution in [0.15, 0.2) is 6.20 Å². The second-order valence-corrected chi connectivity index (χ2v) is 5.55. The summed E-state index contributed by atoms with van der Waals surface area (Å²) in [4.78, 5) is 18.2. The van der Waals surface area contributed by atoms with E-state index in [0.29, 0.717) is 6.54 Å². The number of nitrogen functional groups attached to an aromatic ring is 1. The van der Waals surface area contributed by atoms with Crippen LogP contribution < -0.4 is 16.6 Å². The predicted molar refractivity (Wildman–Crippen MR) is 81.8 cm³/mol. The second-order valence-electron chi connectivity index (χ2n) is 4.28. The van der Waals surface area contributed by atoms with Gasteiger partial charge in [-0.2, -0.15) is 16.7 Å². The predicted octanol–water partition coefficient (Wildman–Crippen LogP) is 2.00. The van der Waals surface area contributed by atoms with Gasteiger partial charge in [0.1, 0.15) is 6.20 Å². The van der Waals surface area contributed by atoms with Gasteiger partial charge in [0, 0.05) is 11.3 Å². The molecule has 1 heterocycles. The van der Waals surface area contributed by atoms with Crippen molar-refractivity contribution in [2.75, 3.05) is 23.5 Å². The second kappa shape index (κ2) is 7.25. The maximum absolute atomic E-state index is 11.0. The zero-order valence-electron chi connectivity index (χ0n) is 11.8. The summed E-state index contributed by atoms with van der Waals surface area (Å²) in [5.41, 5.74) is 2.12. The van der Waals surface area contributed by atoms with E-state index >= 15 is 0 Å². The third kappa shape index (κ3) is 3.70. The minimum atomic E-state index is -0.513. The number of rotatable bonds is 8. The standard InChI is InChI=1S/C11H20N6O2S/c1-4-11(5-2,20-3)7-14-9-8(17(18)19)6-13-10(15-9)16-12/h6H,4-5,7,12H2,1-3H3,(H2,13,14,15,16). The van der Waals surface area contributed by atoms with Crippen LogP contribution in [0.2, 0.25) is 0 Å². The van der Waals surface area contributed by atoms with Gasteiger partial charge in [0.25, 0.3) is 0 Å². The first-order valence-corrected chi connectivity index (χ1v) is 7.51. The van der Waals surface area contributed by atoms with Crippen LogP contribution in [-0.4, -0.2) is 32.4 Å². The molecule has 1 aromatic heterocycles. The molecule has 8 nitrogen and oxygen atoms in total. The molecule has 1 rings (SSSR count). The third-order valence-electron chi connectivity index (χ3n) is 3.39. The summed E-state index contributed by atoms with van der Waals surface area (Å²) >= 11 is 1.74. The maximum Gasteiger partial charge on any atom is 0.329 e. The van der Waals surface area contributed by atoms with Gasteiger partial charge >= 0.3 is 5.69 Å². The van der Waals surface area contributed by atoms with Gasteiger partial charge in [-0.15, -0.1) is 0 Å². The van der Waals surface area contributed by atoms with Gasteiger partial charge in [0.2, 0.25) is 11.8 Å². The Morgan fingerprint density at radius 3 is 2.60 bits per heavy atom. The van der Waals surface area contributed by atoms with Gasteiger partial charge in [-0.05, 0) is 19.1 Å². The molecule has 4 N–H and O–H groups in total. The van der Waals surface area contributed by atoms with E-state index in [4.69, 9.17) is 5.84 Å². The van der Waals surface area contributed by atoms with Crippen LogP contribution in [0.4, 0.5) is 17.5 Å². The lowest BCUT2D eigenvalue weighted by Crippen LogP contribution is -2.32. The average Bonchev–Trinajstić information content (AvgIpc) is 2.48. The van der Waals surface area contributed by atoms with Crippen molar-refractivity contribution in [2.45, 2.75) is 31.4 Å². The van der Waals surface area contributed by atoms with Gasteiger partial charge in [0.05, 0.1) is 4.92 Å². The molecule has 0 saturated carbocycles. The average molecular weight is 300 g/mol. The van der Waals surface area contributed by atoms with E-state index in [2.05, 4.69) is 34.6 Å². The molecule has 1 aromatic rings. The van der Waals surface area contributed by atoms with E-state index in [1.165, 1.54) is 0 Å². The molecule has 0 spiro atoms. The van der Waals surface area contributed by atoms with Gasteiger partial charge in [-0.25, -0.2) is 10.8 Å². The lowest BCUT2D eigenvalue weighted by molar-refractivity contribution is -0.384. The first-order chi connectivity index (χ1) is 9.51. The van der Waals surface area contributed by atoms with Crippen LogP contribution in [-0.2, 0) is 0 Å². The molecule has 0 amide bonds. The highest BCUT2D eigenvalue weighted by Gasteiger charge is 2.26. The highest BCUT2D eigenvalue weighted by atomic mass is 32.2. The molecule has 0 atom stereocenters. The van der Waals surface area contributed by atoms with E-state index in [1.807, 2.05) is 6.26 Å². The molecule has 0 aliphatic heterocycles. The van der Waals surface area contributed by atoms with Crippen molar-refractivity contribution in [1.29, 1.82) is 0 Å². The number of aromatic nitrogens is 2. The summed E-state index contributed by atoms with van der Waals surface area (Å²) in [5, 5.41) is 14.0. The summed E-state index contributed by atoms with van der Waals surface area (Å²) in [6.07, 6.45) is 5.09. The number of hydrogen-bond donors (Lipinski definition) is 3. The molecule has 9 heteroatoms. The lowest BCUT2D eigenvalue weighted by atomic mass is 10.0. The van der Waals surface area contributed by atoms with E-state index in [9.17, 15) is 10.1 Å².